The summed E-state index contributed by atoms with van der Waals surface area (Å²) in [6.45, 7) is -0.483. The van der Waals surface area contributed by atoms with E-state index in [1.54, 1.807) is 0 Å². The van der Waals surface area contributed by atoms with Crippen molar-refractivity contribution < 1.29 is 21.6 Å². The Morgan fingerprint density at radius 2 is 2.00 bits per heavy atom. The van der Waals surface area contributed by atoms with Gasteiger partial charge in [0, 0.05) is 13.1 Å². The molecule has 1 saturated heterocycles. The van der Waals surface area contributed by atoms with Crippen molar-refractivity contribution >= 4 is 10.0 Å². The van der Waals surface area contributed by atoms with Crippen LogP contribution >= 0.6 is 0 Å². The first kappa shape index (κ1) is 13.7. The Bertz CT molecular complexity index is 355. The molecule has 0 aromatic carbocycles. The van der Waals surface area contributed by atoms with Gasteiger partial charge in [0.15, 0.2) is 0 Å². The van der Waals surface area contributed by atoms with Crippen LogP contribution in [0, 0.1) is 0 Å². The minimum atomic E-state index is -4.56. The molecule has 96 valence electrons. The Hall–Kier alpha value is -0.340. The fraction of sp³-hybridized carbons (Fsp3) is 1.00. The predicted molar refractivity (Wildman–Crippen MR) is 53.5 cm³/mol. The van der Waals surface area contributed by atoms with Crippen LogP contribution in [0.2, 0.25) is 0 Å². The van der Waals surface area contributed by atoms with Crippen molar-refractivity contribution in [1.82, 2.24) is 9.62 Å². The summed E-state index contributed by atoms with van der Waals surface area (Å²) in [5.74, 6) is 0. The minimum absolute atomic E-state index is 0.0694. The van der Waals surface area contributed by atoms with Gasteiger partial charge in [-0.1, -0.05) is 0 Å². The minimum Gasteiger partial charge on any atom is -0.318 e. The third-order valence-corrected chi connectivity index (χ3v) is 4.16. The number of hydrogen-bond acceptors (Lipinski definition) is 3. The third kappa shape index (κ3) is 2.18. The predicted octanol–water partition coefficient (Wildman–Crippen LogP) is 0.562. The maximum absolute atomic E-state index is 13.0. The Morgan fingerprint density at radius 3 is 2.38 bits per heavy atom. The highest BCUT2D eigenvalue weighted by atomic mass is 32.2. The van der Waals surface area contributed by atoms with Gasteiger partial charge in [0.1, 0.15) is 5.54 Å². The van der Waals surface area contributed by atoms with Crippen molar-refractivity contribution in [2.24, 2.45) is 0 Å². The quantitative estimate of drug-likeness (QED) is 0.806. The number of halogens is 3. The third-order valence-electron chi connectivity index (χ3n) is 2.83. The fourth-order valence-electron chi connectivity index (χ4n) is 2.19. The van der Waals surface area contributed by atoms with E-state index in [2.05, 4.69) is 5.32 Å². The molecule has 0 spiro atoms. The van der Waals surface area contributed by atoms with Crippen LogP contribution in [0.25, 0.3) is 0 Å². The van der Waals surface area contributed by atoms with E-state index in [9.17, 15) is 21.6 Å². The zero-order valence-corrected chi connectivity index (χ0v) is 9.95. The molecule has 0 radical (unpaired) electrons. The molecule has 1 atom stereocenters. The summed E-state index contributed by atoms with van der Waals surface area (Å²) in [5, 5.41) is 2.43. The molecule has 1 aliphatic rings. The second-order valence-corrected chi connectivity index (χ2v) is 5.91. The maximum atomic E-state index is 13.0. The first-order valence-electron chi connectivity index (χ1n) is 4.84. The number of sulfonamides is 1. The summed E-state index contributed by atoms with van der Waals surface area (Å²) in [6, 6.07) is 0. The molecule has 0 bridgehead atoms. The molecule has 1 heterocycles. The van der Waals surface area contributed by atoms with Gasteiger partial charge in [0.2, 0.25) is 10.0 Å². The Labute approximate surface area is 92.9 Å². The van der Waals surface area contributed by atoms with Crippen molar-refractivity contribution in [2.75, 3.05) is 26.4 Å². The van der Waals surface area contributed by atoms with Crippen LogP contribution < -0.4 is 5.32 Å². The molecule has 16 heavy (non-hydrogen) atoms. The van der Waals surface area contributed by atoms with Crippen LogP contribution in [0.3, 0.4) is 0 Å². The van der Waals surface area contributed by atoms with E-state index >= 15 is 0 Å². The Balaban J connectivity index is 3.19. The largest absolute Gasteiger partial charge is 0.409 e. The van der Waals surface area contributed by atoms with E-state index in [1.807, 2.05) is 0 Å². The first-order valence-corrected chi connectivity index (χ1v) is 6.69. The van der Waals surface area contributed by atoms with Crippen LogP contribution in [0.1, 0.15) is 12.8 Å². The van der Waals surface area contributed by atoms with Crippen molar-refractivity contribution in [2.45, 2.75) is 24.6 Å². The SMILES string of the molecule is CNCC1(C(F)(F)F)CCCN1S(C)(=O)=O. The molecule has 1 unspecified atom stereocenters. The van der Waals surface area contributed by atoms with E-state index in [0.29, 0.717) is 4.31 Å². The highest BCUT2D eigenvalue weighted by Crippen LogP contribution is 2.43. The second-order valence-electron chi connectivity index (χ2n) is 4.00. The standard InChI is InChI=1S/C8H15F3N2O2S/c1-12-6-7(8(9,10)11)4-3-5-13(7)16(2,14)15/h12H,3-6H2,1-2H3. The molecule has 1 N–H and O–H groups in total. The van der Waals surface area contributed by atoms with E-state index in [4.69, 9.17) is 0 Å². The average Bonchev–Trinajstić information content (AvgIpc) is 2.47. The topological polar surface area (TPSA) is 49.4 Å². The molecule has 0 aromatic heterocycles. The van der Waals surface area contributed by atoms with Crippen molar-refractivity contribution in [3.8, 4) is 0 Å². The molecular formula is C8H15F3N2O2S. The molecule has 1 aliphatic heterocycles. The zero-order valence-electron chi connectivity index (χ0n) is 9.13. The number of nitrogens with zero attached hydrogens (tertiary/aromatic N) is 1. The Morgan fingerprint density at radius 1 is 1.44 bits per heavy atom. The molecule has 0 amide bonds. The van der Waals surface area contributed by atoms with Gasteiger partial charge in [0.05, 0.1) is 6.26 Å². The fourth-order valence-corrected chi connectivity index (χ4v) is 3.54. The molecular weight excluding hydrogens is 245 g/mol. The normalized spacial score (nSPS) is 28.6. The Kier molecular flexibility index (Phi) is 3.56. The summed E-state index contributed by atoms with van der Waals surface area (Å²) >= 11 is 0. The molecule has 0 aliphatic carbocycles. The van der Waals surface area contributed by atoms with E-state index < -0.39 is 28.3 Å². The number of rotatable bonds is 3. The van der Waals surface area contributed by atoms with E-state index in [0.717, 1.165) is 6.26 Å². The lowest BCUT2D eigenvalue weighted by Gasteiger charge is -2.38. The highest BCUT2D eigenvalue weighted by molar-refractivity contribution is 7.88. The lowest BCUT2D eigenvalue weighted by molar-refractivity contribution is -0.208. The van der Waals surface area contributed by atoms with Gasteiger partial charge in [-0.05, 0) is 19.9 Å². The monoisotopic (exact) mass is 260 g/mol. The van der Waals surface area contributed by atoms with Crippen LogP contribution in [0.15, 0.2) is 0 Å². The van der Waals surface area contributed by atoms with Gasteiger partial charge < -0.3 is 5.32 Å². The van der Waals surface area contributed by atoms with Gasteiger partial charge >= 0.3 is 6.18 Å². The van der Waals surface area contributed by atoms with E-state index in [1.165, 1.54) is 7.05 Å². The zero-order chi connectivity index (χ0) is 12.6. The van der Waals surface area contributed by atoms with Crippen LogP contribution in [0.5, 0.6) is 0 Å². The van der Waals surface area contributed by atoms with Gasteiger partial charge in [-0.25, -0.2) is 8.42 Å². The average molecular weight is 260 g/mol. The van der Waals surface area contributed by atoms with Gasteiger partial charge in [-0.2, -0.15) is 17.5 Å². The summed E-state index contributed by atoms with van der Waals surface area (Å²) in [5.41, 5.74) is -2.28. The number of nitrogens with one attached hydrogen (secondary N) is 1. The van der Waals surface area contributed by atoms with Gasteiger partial charge in [0.25, 0.3) is 0 Å². The lowest BCUT2D eigenvalue weighted by atomic mass is 9.97. The molecule has 0 aromatic rings. The van der Waals surface area contributed by atoms with Crippen LogP contribution in [0.4, 0.5) is 13.2 Å². The molecule has 0 saturated carbocycles. The summed E-state index contributed by atoms with van der Waals surface area (Å²) in [4.78, 5) is 0. The molecule has 8 heteroatoms. The second kappa shape index (κ2) is 4.15. The highest BCUT2D eigenvalue weighted by Gasteiger charge is 2.62. The first-order chi connectivity index (χ1) is 7.15. The van der Waals surface area contributed by atoms with Crippen molar-refractivity contribution in [3.63, 3.8) is 0 Å². The van der Waals surface area contributed by atoms with Crippen molar-refractivity contribution in [3.05, 3.63) is 0 Å². The van der Waals surface area contributed by atoms with E-state index in [-0.39, 0.29) is 19.4 Å². The molecule has 4 nitrogen and oxygen atoms in total. The number of likely N-dealkylation sites (N-methyl/N-ethyl adjacent to an activating group) is 1. The summed E-state index contributed by atoms with van der Waals surface area (Å²) in [7, 11) is -2.46. The maximum Gasteiger partial charge on any atom is 0.409 e. The molecule has 1 rings (SSSR count). The summed E-state index contributed by atoms with van der Waals surface area (Å²) < 4.78 is 62.4. The smallest absolute Gasteiger partial charge is 0.318 e. The molecule has 1 fully saturated rings. The lowest BCUT2D eigenvalue weighted by Crippen LogP contribution is -2.61. The van der Waals surface area contributed by atoms with Gasteiger partial charge in [-0.15, -0.1) is 0 Å². The van der Waals surface area contributed by atoms with Gasteiger partial charge in [-0.3, -0.25) is 0 Å². The number of alkyl halides is 3. The summed E-state index contributed by atoms with van der Waals surface area (Å²) in [6.07, 6.45) is -3.71. The van der Waals surface area contributed by atoms with Crippen LogP contribution in [-0.4, -0.2) is 50.8 Å². The van der Waals surface area contributed by atoms with Crippen LogP contribution in [-0.2, 0) is 10.0 Å². The van der Waals surface area contributed by atoms with Crippen molar-refractivity contribution in [1.29, 1.82) is 0 Å². The number of hydrogen-bond donors (Lipinski definition) is 1.